The monoisotopic (exact) mass is 277 g/mol. The molecule has 20 heavy (non-hydrogen) atoms. The van der Waals surface area contributed by atoms with E-state index in [0.717, 1.165) is 25.2 Å². The maximum absolute atomic E-state index is 10.9. The summed E-state index contributed by atoms with van der Waals surface area (Å²) in [7, 11) is 1.60. The Morgan fingerprint density at radius 3 is 2.75 bits per heavy atom. The van der Waals surface area contributed by atoms with Gasteiger partial charge in [-0.25, -0.2) is 4.79 Å². The van der Waals surface area contributed by atoms with Crippen LogP contribution in [0.3, 0.4) is 0 Å². The van der Waals surface area contributed by atoms with E-state index < -0.39 is 6.09 Å². The summed E-state index contributed by atoms with van der Waals surface area (Å²) in [5, 5.41) is 8.94. The maximum Gasteiger partial charge on any atom is 0.407 e. The molecule has 1 aromatic rings. The number of hydrogen-bond acceptors (Lipinski definition) is 4. The van der Waals surface area contributed by atoms with Gasteiger partial charge in [0.15, 0.2) is 0 Å². The predicted octanol–water partition coefficient (Wildman–Crippen LogP) is 1.47. The van der Waals surface area contributed by atoms with Crippen molar-refractivity contribution in [2.24, 2.45) is 5.41 Å². The minimum atomic E-state index is -0.817. The van der Waals surface area contributed by atoms with Crippen molar-refractivity contribution in [1.29, 1.82) is 0 Å². The zero-order valence-corrected chi connectivity index (χ0v) is 11.5. The van der Waals surface area contributed by atoms with Crippen molar-refractivity contribution in [3.05, 3.63) is 18.2 Å². The molecule has 2 saturated heterocycles. The molecule has 108 valence electrons. The average Bonchev–Trinajstić information content (AvgIpc) is 2.82. The van der Waals surface area contributed by atoms with E-state index in [1.54, 1.807) is 7.11 Å². The van der Waals surface area contributed by atoms with Crippen LogP contribution >= 0.6 is 0 Å². The standard InChI is InChI=1S/C14H19N3O3/c1-20-12-3-2-10(6-11(12)15)16-5-4-14(7-16)8-17(9-14)13(18)19/h2-3,6H,4-5,7-9,15H2,1H3,(H,18,19). The summed E-state index contributed by atoms with van der Waals surface area (Å²) in [4.78, 5) is 14.6. The third-order valence-corrected chi connectivity index (χ3v) is 4.34. The van der Waals surface area contributed by atoms with Gasteiger partial charge in [-0.2, -0.15) is 0 Å². The molecule has 2 heterocycles. The first-order valence-corrected chi connectivity index (χ1v) is 6.69. The van der Waals surface area contributed by atoms with Gasteiger partial charge < -0.3 is 25.4 Å². The van der Waals surface area contributed by atoms with Crippen molar-refractivity contribution in [3.8, 4) is 5.75 Å². The predicted molar refractivity (Wildman–Crippen MR) is 76.3 cm³/mol. The number of rotatable bonds is 2. The van der Waals surface area contributed by atoms with Crippen molar-refractivity contribution in [3.63, 3.8) is 0 Å². The molecular formula is C14H19N3O3. The minimum Gasteiger partial charge on any atom is -0.495 e. The summed E-state index contributed by atoms with van der Waals surface area (Å²) in [6.07, 6.45) is 0.214. The van der Waals surface area contributed by atoms with Crippen molar-refractivity contribution in [2.45, 2.75) is 6.42 Å². The normalized spacial score (nSPS) is 20.1. The zero-order chi connectivity index (χ0) is 14.3. The number of nitrogen functional groups attached to an aromatic ring is 1. The number of hydrogen-bond donors (Lipinski definition) is 2. The van der Waals surface area contributed by atoms with Gasteiger partial charge in [0, 0.05) is 37.3 Å². The third-order valence-electron chi connectivity index (χ3n) is 4.34. The molecule has 1 amide bonds. The molecular weight excluding hydrogens is 258 g/mol. The fourth-order valence-electron chi connectivity index (χ4n) is 3.23. The first kappa shape index (κ1) is 12.9. The highest BCUT2D eigenvalue weighted by Gasteiger charge is 2.49. The number of ether oxygens (including phenoxy) is 1. The Morgan fingerprint density at radius 2 is 2.15 bits per heavy atom. The Bertz CT molecular complexity index is 540. The number of carbonyl (C=O) groups is 1. The summed E-state index contributed by atoms with van der Waals surface area (Å²) in [6.45, 7) is 3.12. The number of nitrogens with zero attached hydrogens (tertiary/aromatic N) is 2. The Hall–Kier alpha value is -2.11. The highest BCUT2D eigenvalue weighted by atomic mass is 16.5. The summed E-state index contributed by atoms with van der Waals surface area (Å²) in [5.41, 5.74) is 7.78. The molecule has 0 saturated carbocycles. The molecule has 0 aromatic heterocycles. The van der Waals surface area contributed by atoms with E-state index in [9.17, 15) is 4.79 Å². The van der Waals surface area contributed by atoms with Gasteiger partial charge in [0.25, 0.3) is 0 Å². The Kier molecular flexibility index (Phi) is 2.88. The lowest BCUT2D eigenvalue weighted by Crippen LogP contribution is -2.59. The summed E-state index contributed by atoms with van der Waals surface area (Å²) in [5.74, 6) is 0.684. The van der Waals surface area contributed by atoms with Crippen LogP contribution in [0, 0.1) is 5.41 Å². The molecule has 2 aliphatic heterocycles. The molecule has 1 spiro atoms. The molecule has 2 aliphatic rings. The van der Waals surface area contributed by atoms with Gasteiger partial charge in [0.1, 0.15) is 5.75 Å². The molecule has 0 unspecified atom stereocenters. The topological polar surface area (TPSA) is 79.0 Å². The maximum atomic E-state index is 10.9. The van der Waals surface area contributed by atoms with E-state index in [-0.39, 0.29) is 5.41 Å². The number of likely N-dealkylation sites (tertiary alicyclic amines) is 1. The zero-order valence-electron chi connectivity index (χ0n) is 11.5. The second-order valence-corrected chi connectivity index (χ2v) is 5.74. The van der Waals surface area contributed by atoms with E-state index in [4.69, 9.17) is 15.6 Å². The first-order valence-electron chi connectivity index (χ1n) is 6.69. The van der Waals surface area contributed by atoms with Gasteiger partial charge in [-0.05, 0) is 24.6 Å². The van der Waals surface area contributed by atoms with Crippen LogP contribution in [0.15, 0.2) is 18.2 Å². The largest absolute Gasteiger partial charge is 0.495 e. The Balaban J connectivity index is 1.69. The molecule has 3 rings (SSSR count). The molecule has 1 aromatic carbocycles. The van der Waals surface area contributed by atoms with Crippen LogP contribution < -0.4 is 15.4 Å². The summed E-state index contributed by atoms with van der Waals surface area (Å²) in [6, 6.07) is 5.80. The lowest BCUT2D eigenvalue weighted by Gasteiger charge is -2.46. The van der Waals surface area contributed by atoms with Crippen LogP contribution in [-0.4, -0.2) is 49.4 Å². The highest BCUT2D eigenvalue weighted by Crippen LogP contribution is 2.41. The van der Waals surface area contributed by atoms with Crippen LogP contribution in [0.5, 0.6) is 5.75 Å². The SMILES string of the molecule is COc1ccc(N2CCC3(CN(C(=O)O)C3)C2)cc1N. The molecule has 6 nitrogen and oxygen atoms in total. The summed E-state index contributed by atoms with van der Waals surface area (Å²) >= 11 is 0. The molecule has 0 aliphatic carbocycles. The van der Waals surface area contributed by atoms with Crippen LogP contribution in [0.2, 0.25) is 0 Å². The number of methoxy groups -OCH3 is 1. The number of anilines is 2. The number of carboxylic acid groups (broad SMARTS) is 1. The molecule has 3 N–H and O–H groups in total. The second kappa shape index (κ2) is 4.47. The van der Waals surface area contributed by atoms with E-state index in [1.165, 1.54) is 4.90 Å². The Labute approximate surface area is 117 Å². The van der Waals surface area contributed by atoms with E-state index in [1.807, 2.05) is 18.2 Å². The fraction of sp³-hybridized carbons (Fsp3) is 0.500. The second-order valence-electron chi connectivity index (χ2n) is 5.74. The van der Waals surface area contributed by atoms with Crippen molar-refractivity contribution in [2.75, 3.05) is 43.9 Å². The lowest BCUT2D eigenvalue weighted by molar-refractivity contribution is 0.0252. The van der Waals surface area contributed by atoms with Crippen molar-refractivity contribution in [1.82, 2.24) is 4.90 Å². The Morgan fingerprint density at radius 1 is 1.40 bits per heavy atom. The highest BCUT2D eigenvalue weighted by molar-refractivity contribution is 5.67. The number of benzene rings is 1. The van der Waals surface area contributed by atoms with Gasteiger partial charge in [0.05, 0.1) is 12.8 Å². The fourth-order valence-corrected chi connectivity index (χ4v) is 3.23. The molecule has 0 radical (unpaired) electrons. The van der Waals surface area contributed by atoms with Crippen molar-refractivity contribution < 1.29 is 14.6 Å². The van der Waals surface area contributed by atoms with Crippen LogP contribution in [0.1, 0.15) is 6.42 Å². The smallest absolute Gasteiger partial charge is 0.407 e. The lowest BCUT2D eigenvalue weighted by atomic mass is 9.79. The quantitative estimate of drug-likeness (QED) is 0.800. The molecule has 6 heteroatoms. The number of amides is 1. The first-order chi connectivity index (χ1) is 9.53. The van der Waals surface area contributed by atoms with Crippen molar-refractivity contribution >= 4 is 17.5 Å². The van der Waals surface area contributed by atoms with Gasteiger partial charge in [0.2, 0.25) is 0 Å². The van der Waals surface area contributed by atoms with Crippen LogP contribution in [0.4, 0.5) is 16.2 Å². The van der Waals surface area contributed by atoms with E-state index >= 15 is 0 Å². The molecule has 0 atom stereocenters. The molecule has 2 fully saturated rings. The van der Waals surface area contributed by atoms with Gasteiger partial charge >= 0.3 is 6.09 Å². The third kappa shape index (κ3) is 2.01. The van der Waals surface area contributed by atoms with Crippen LogP contribution in [0.25, 0.3) is 0 Å². The molecule has 0 bridgehead atoms. The van der Waals surface area contributed by atoms with Gasteiger partial charge in [-0.1, -0.05) is 0 Å². The summed E-state index contributed by atoms with van der Waals surface area (Å²) < 4.78 is 5.16. The minimum absolute atomic E-state index is 0.132. The van der Waals surface area contributed by atoms with E-state index in [2.05, 4.69) is 4.90 Å². The van der Waals surface area contributed by atoms with E-state index in [0.29, 0.717) is 24.5 Å². The van der Waals surface area contributed by atoms with Gasteiger partial charge in [-0.3, -0.25) is 0 Å². The average molecular weight is 277 g/mol. The van der Waals surface area contributed by atoms with Gasteiger partial charge in [-0.15, -0.1) is 0 Å². The van der Waals surface area contributed by atoms with Crippen LogP contribution in [-0.2, 0) is 0 Å². The number of nitrogens with two attached hydrogens (primary N) is 1.